The van der Waals surface area contributed by atoms with E-state index in [1.807, 2.05) is 7.05 Å². The van der Waals surface area contributed by atoms with Gasteiger partial charge in [0.1, 0.15) is 0 Å². The van der Waals surface area contributed by atoms with Crippen LogP contribution in [0.1, 0.15) is 33.4 Å². The minimum Gasteiger partial charge on any atom is -0.504 e. The van der Waals surface area contributed by atoms with E-state index in [1.165, 1.54) is 22.3 Å². The molecule has 0 aliphatic carbocycles. The number of aromatic hydroxyl groups is 2. The molecular formula is C33H45N3O6. The zero-order valence-corrected chi connectivity index (χ0v) is 25.7. The molecule has 0 unspecified atom stereocenters. The van der Waals surface area contributed by atoms with Crippen LogP contribution in [0.4, 0.5) is 0 Å². The largest absolute Gasteiger partial charge is 0.504 e. The van der Waals surface area contributed by atoms with Gasteiger partial charge in [-0.3, -0.25) is 0 Å². The third-order valence-electron chi connectivity index (χ3n) is 8.00. The lowest BCUT2D eigenvalue weighted by Crippen LogP contribution is -2.26. The molecule has 0 fully saturated rings. The average Bonchev–Trinajstić information content (AvgIpc) is 3.01. The Morgan fingerprint density at radius 2 is 0.929 bits per heavy atom. The molecule has 0 amide bonds. The molecule has 3 aliphatic heterocycles. The van der Waals surface area contributed by atoms with Crippen LogP contribution in [-0.2, 0) is 38.9 Å². The average molecular weight is 580 g/mol. The van der Waals surface area contributed by atoms with E-state index in [0.717, 1.165) is 92.7 Å². The van der Waals surface area contributed by atoms with Gasteiger partial charge >= 0.3 is 0 Å². The smallest absolute Gasteiger partial charge is 0.161 e. The maximum Gasteiger partial charge on any atom is 0.161 e. The van der Waals surface area contributed by atoms with Crippen molar-refractivity contribution in [2.24, 2.45) is 0 Å². The molecule has 0 saturated heterocycles. The van der Waals surface area contributed by atoms with Crippen molar-refractivity contribution in [3.63, 3.8) is 0 Å². The van der Waals surface area contributed by atoms with Gasteiger partial charge in [-0.15, -0.1) is 0 Å². The van der Waals surface area contributed by atoms with Crippen LogP contribution in [0.2, 0.25) is 0 Å². The second-order valence-corrected chi connectivity index (χ2v) is 11.0. The number of hydrogen-bond acceptors (Lipinski definition) is 9. The molecule has 0 bridgehead atoms. The summed E-state index contributed by atoms with van der Waals surface area (Å²) in [6.07, 6.45) is 3.10. The van der Waals surface area contributed by atoms with Crippen LogP contribution in [0.3, 0.4) is 0 Å². The number of fused-ring (bicyclic) bond motifs is 3. The molecule has 3 aromatic carbocycles. The zero-order chi connectivity index (χ0) is 30.2. The summed E-state index contributed by atoms with van der Waals surface area (Å²) in [6, 6.07) is 11.6. The number of hydrogen-bond donors (Lipinski definition) is 3. The van der Waals surface area contributed by atoms with Crippen molar-refractivity contribution in [1.82, 2.24) is 15.1 Å². The summed E-state index contributed by atoms with van der Waals surface area (Å²) in [7, 11) is 10.9. The summed E-state index contributed by atoms with van der Waals surface area (Å²) in [5.74, 6) is 3.27. The Hall–Kier alpha value is -3.66. The number of phenolic OH excluding ortho intramolecular Hbond substituents is 2. The minimum atomic E-state index is -0.0194. The summed E-state index contributed by atoms with van der Waals surface area (Å²) in [5, 5.41) is 21.9. The molecule has 0 spiro atoms. The van der Waals surface area contributed by atoms with Crippen LogP contribution in [0, 0.1) is 0 Å². The Bertz CT molecular complexity index is 1320. The Morgan fingerprint density at radius 1 is 0.548 bits per heavy atom. The highest BCUT2D eigenvalue weighted by atomic mass is 16.5. The predicted molar refractivity (Wildman–Crippen MR) is 164 cm³/mol. The van der Waals surface area contributed by atoms with E-state index in [2.05, 4.69) is 46.4 Å². The van der Waals surface area contributed by atoms with Gasteiger partial charge in [-0.05, 0) is 110 Å². The van der Waals surface area contributed by atoms with Gasteiger partial charge in [0.15, 0.2) is 34.5 Å². The molecule has 3 aliphatic rings. The maximum atomic E-state index is 9.29. The van der Waals surface area contributed by atoms with Gasteiger partial charge in [0.05, 0.1) is 28.4 Å². The molecule has 42 heavy (non-hydrogen) atoms. The van der Waals surface area contributed by atoms with Crippen LogP contribution in [-0.4, -0.2) is 82.2 Å². The third-order valence-corrected chi connectivity index (χ3v) is 8.00. The van der Waals surface area contributed by atoms with Gasteiger partial charge in [0.25, 0.3) is 0 Å². The molecule has 3 aromatic rings. The second-order valence-electron chi connectivity index (χ2n) is 11.0. The predicted octanol–water partition coefficient (Wildman–Crippen LogP) is 4.13. The number of ether oxygens (including phenoxy) is 4. The van der Waals surface area contributed by atoms with E-state index >= 15 is 0 Å². The summed E-state index contributed by atoms with van der Waals surface area (Å²) >= 11 is 0. The standard InChI is InChI=1S/C12H17NO2.C11H15NO2.C10H13NO2/c1-13-5-4-9-6-11(14-2)12(15-3)7-10(9)8-13;1-13-10-5-8-3-4-12-7-9(8)6-11(10)14-2;1-11-3-2-7-4-9(12)10(13)5-8(7)6-11/h6-7H,4-5,8H2,1-3H3;5-6,12H,3-4,7H2,1-2H3;4-5,12-13H,2-3,6H2,1H3. The van der Waals surface area contributed by atoms with E-state index < -0.39 is 0 Å². The summed E-state index contributed by atoms with van der Waals surface area (Å²) in [5.41, 5.74) is 7.67. The fraction of sp³-hybridized carbons (Fsp3) is 0.455. The lowest BCUT2D eigenvalue weighted by Gasteiger charge is -2.26. The number of nitrogens with one attached hydrogen (secondary N) is 1. The van der Waals surface area contributed by atoms with Crippen molar-refractivity contribution in [3.8, 4) is 34.5 Å². The lowest BCUT2D eigenvalue weighted by molar-refractivity contribution is 0.308. The topological polar surface area (TPSA) is 95.9 Å². The van der Waals surface area contributed by atoms with Gasteiger partial charge in [0.2, 0.25) is 0 Å². The van der Waals surface area contributed by atoms with Crippen molar-refractivity contribution in [3.05, 3.63) is 69.8 Å². The van der Waals surface area contributed by atoms with Crippen LogP contribution in [0.15, 0.2) is 36.4 Å². The van der Waals surface area contributed by atoms with E-state index in [1.54, 1.807) is 40.6 Å². The number of benzene rings is 3. The van der Waals surface area contributed by atoms with Gasteiger partial charge in [-0.2, -0.15) is 0 Å². The molecule has 3 N–H and O–H groups in total. The zero-order valence-electron chi connectivity index (χ0n) is 25.7. The highest BCUT2D eigenvalue weighted by Gasteiger charge is 2.17. The second kappa shape index (κ2) is 14.5. The number of nitrogens with zero attached hydrogens (tertiary/aromatic N) is 2. The first-order chi connectivity index (χ1) is 20.3. The maximum absolute atomic E-state index is 9.29. The summed E-state index contributed by atoms with van der Waals surface area (Å²) in [4.78, 5) is 4.51. The monoisotopic (exact) mass is 579 g/mol. The van der Waals surface area contributed by atoms with Crippen molar-refractivity contribution >= 4 is 0 Å². The van der Waals surface area contributed by atoms with Crippen LogP contribution in [0.25, 0.3) is 0 Å². The van der Waals surface area contributed by atoms with Gasteiger partial charge in [-0.25, -0.2) is 0 Å². The number of rotatable bonds is 4. The molecule has 0 saturated carbocycles. The lowest BCUT2D eigenvalue weighted by atomic mass is 9.99. The summed E-state index contributed by atoms with van der Waals surface area (Å²) < 4.78 is 21.1. The van der Waals surface area contributed by atoms with E-state index in [0.29, 0.717) is 0 Å². The van der Waals surface area contributed by atoms with E-state index in [-0.39, 0.29) is 11.5 Å². The first-order valence-electron chi connectivity index (χ1n) is 14.3. The quantitative estimate of drug-likeness (QED) is 0.395. The van der Waals surface area contributed by atoms with Gasteiger partial charge in [-0.1, -0.05) is 0 Å². The van der Waals surface area contributed by atoms with Crippen molar-refractivity contribution in [1.29, 1.82) is 0 Å². The fourth-order valence-corrected chi connectivity index (χ4v) is 5.56. The molecule has 9 heteroatoms. The molecule has 0 aromatic heterocycles. The van der Waals surface area contributed by atoms with Crippen molar-refractivity contribution in [2.75, 3.05) is 62.2 Å². The molecule has 228 valence electrons. The third kappa shape index (κ3) is 7.59. The Balaban J connectivity index is 0.000000145. The first kappa shape index (κ1) is 31.3. The van der Waals surface area contributed by atoms with Gasteiger partial charge in [0, 0.05) is 32.7 Å². The number of methoxy groups -OCH3 is 4. The molecule has 6 rings (SSSR count). The SMILES string of the molecule is CN1CCc2cc(O)c(O)cc2C1.COc1cc2c(cc1OC)CN(C)CC2.COc1cc2c(cc1OC)CNCC2. The molecule has 0 radical (unpaired) electrons. The van der Waals surface area contributed by atoms with E-state index in [9.17, 15) is 10.2 Å². The van der Waals surface area contributed by atoms with Crippen molar-refractivity contribution in [2.45, 2.75) is 38.9 Å². The number of phenols is 2. The van der Waals surface area contributed by atoms with Gasteiger partial charge < -0.3 is 44.3 Å². The highest BCUT2D eigenvalue weighted by Crippen LogP contribution is 2.34. The fourth-order valence-electron chi connectivity index (χ4n) is 5.56. The van der Waals surface area contributed by atoms with Crippen LogP contribution < -0.4 is 24.3 Å². The highest BCUT2D eigenvalue weighted by molar-refractivity contribution is 5.49. The van der Waals surface area contributed by atoms with Crippen LogP contribution >= 0.6 is 0 Å². The molecule has 0 atom stereocenters. The first-order valence-corrected chi connectivity index (χ1v) is 14.3. The molecule has 3 heterocycles. The number of likely N-dealkylation sites (N-methyl/N-ethyl adjacent to an activating group) is 2. The normalized spacial score (nSPS) is 15.9. The summed E-state index contributed by atoms with van der Waals surface area (Å²) in [6.45, 7) is 5.94. The Morgan fingerprint density at radius 3 is 1.43 bits per heavy atom. The van der Waals surface area contributed by atoms with Crippen LogP contribution in [0.5, 0.6) is 34.5 Å². The Kier molecular flexibility index (Phi) is 10.8. The molecular weight excluding hydrogens is 534 g/mol. The minimum absolute atomic E-state index is 0.0108. The van der Waals surface area contributed by atoms with E-state index in [4.69, 9.17) is 18.9 Å². The van der Waals surface area contributed by atoms with Crippen molar-refractivity contribution < 1.29 is 29.2 Å². The Labute approximate surface area is 249 Å². The molecule has 9 nitrogen and oxygen atoms in total.